The first-order valence-corrected chi connectivity index (χ1v) is 6.92. The summed E-state index contributed by atoms with van der Waals surface area (Å²) >= 11 is 1.51. The predicted molar refractivity (Wildman–Crippen MR) is 76.8 cm³/mol. The van der Waals surface area contributed by atoms with Crippen molar-refractivity contribution in [2.24, 2.45) is 0 Å². The molecular formula is C14H16N2O2S. The van der Waals surface area contributed by atoms with Crippen LogP contribution in [0.15, 0.2) is 30.3 Å². The average Bonchev–Trinajstić information content (AvgIpc) is 2.70. The van der Waals surface area contributed by atoms with E-state index in [9.17, 15) is 4.79 Å². The Morgan fingerprint density at radius 1 is 1.37 bits per heavy atom. The third kappa shape index (κ3) is 4.06. The number of benzene rings is 1. The molecule has 1 aromatic heterocycles. The molecule has 2 aromatic rings. The first-order valence-electron chi connectivity index (χ1n) is 6.11. The Hall–Kier alpha value is -1.88. The van der Waals surface area contributed by atoms with Crippen LogP contribution in [0.1, 0.15) is 16.1 Å². The summed E-state index contributed by atoms with van der Waals surface area (Å²) in [5.41, 5.74) is 1.92. The van der Waals surface area contributed by atoms with Gasteiger partial charge in [0.1, 0.15) is 0 Å². The van der Waals surface area contributed by atoms with E-state index in [-0.39, 0.29) is 6.42 Å². The molecule has 0 saturated carbocycles. The second-order valence-electron chi connectivity index (χ2n) is 4.25. The molecule has 2 rings (SSSR count). The minimum absolute atomic E-state index is 0.0112. The van der Waals surface area contributed by atoms with Crippen LogP contribution in [0.5, 0.6) is 0 Å². The van der Waals surface area contributed by atoms with Crippen LogP contribution < -0.4 is 5.32 Å². The quantitative estimate of drug-likeness (QED) is 0.851. The summed E-state index contributed by atoms with van der Waals surface area (Å²) in [6, 6.07) is 10.2. The molecule has 0 atom stereocenters. The second kappa shape index (κ2) is 6.33. The average molecular weight is 276 g/mol. The summed E-state index contributed by atoms with van der Waals surface area (Å²) in [6.45, 7) is 2.70. The molecule has 0 unspecified atom stereocenters. The smallest absolute Gasteiger partial charge is 0.309 e. The van der Waals surface area contributed by atoms with Crippen molar-refractivity contribution in [3.8, 4) is 0 Å². The standard InChI is InChI=1S/C14H16N2O2S/c1-10-12(9-13(17)18)16-14(19-10)15-8-7-11-5-3-2-4-6-11/h2-6H,7-9H2,1H3,(H,15,16)(H,17,18). The number of aryl methyl sites for hydroxylation is 1. The zero-order chi connectivity index (χ0) is 13.7. The molecule has 0 aliphatic rings. The van der Waals surface area contributed by atoms with Gasteiger partial charge in [0.05, 0.1) is 12.1 Å². The van der Waals surface area contributed by atoms with Crippen molar-refractivity contribution >= 4 is 22.4 Å². The van der Waals surface area contributed by atoms with Crippen molar-refractivity contribution in [3.05, 3.63) is 46.5 Å². The van der Waals surface area contributed by atoms with Crippen LogP contribution in [0, 0.1) is 6.92 Å². The Morgan fingerprint density at radius 2 is 2.11 bits per heavy atom. The Morgan fingerprint density at radius 3 is 2.79 bits per heavy atom. The van der Waals surface area contributed by atoms with E-state index in [1.807, 2.05) is 25.1 Å². The molecule has 0 aliphatic heterocycles. The number of carboxylic acids is 1. The number of aromatic nitrogens is 1. The largest absolute Gasteiger partial charge is 0.481 e. The molecule has 100 valence electrons. The molecule has 5 heteroatoms. The number of hydrogen-bond donors (Lipinski definition) is 2. The number of nitrogens with zero attached hydrogens (tertiary/aromatic N) is 1. The van der Waals surface area contributed by atoms with E-state index in [0.717, 1.165) is 23.0 Å². The van der Waals surface area contributed by atoms with E-state index in [4.69, 9.17) is 5.11 Å². The van der Waals surface area contributed by atoms with E-state index in [2.05, 4.69) is 22.4 Å². The van der Waals surface area contributed by atoms with Gasteiger partial charge >= 0.3 is 5.97 Å². The van der Waals surface area contributed by atoms with Gasteiger partial charge in [-0.3, -0.25) is 4.79 Å². The van der Waals surface area contributed by atoms with Crippen LogP contribution >= 0.6 is 11.3 Å². The van der Waals surface area contributed by atoms with Gasteiger partial charge in [0.15, 0.2) is 5.13 Å². The van der Waals surface area contributed by atoms with Crippen molar-refractivity contribution in [2.75, 3.05) is 11.9 Å². The summed E-state index contributed by atoms with van der Waals surface area (Å²) in [7, 11) is 0. The zero-order valence-corrected chi connectivity index (χ0v) is 11.5. The molecule has 0 bridgehead atoms. The fourth-order valence-corrected chi connectivity index (χ4v) is 2.63. The van der Waals surface area contributed by atoms with Gasteiger partial charge in [-0.05, 0) is 18.9 Å². The number of hydrogen-bond acceptors (Lipinski definition) is 4. The molecule has 0 aliphatic carbocycles. The molecule has 0 fully saturated rings. The second-order valence-corrected chi connectivity index (χ2v) is 5.46. The van der Waals surface area contributed by atoms with Gasteiger partial charge in [0.2, 0.25) is 0 Å². The van der Waals surface area contributed by atoms with E-state index in [1.165, 1.54) is 16.9 Å². The maximum absolute atomic E-state index is 10.7. The van der Waals surface area contributed by atoms with Crippen LogP contribution in [0.25, 0.3) is 0 Å². The van der Waals surface area contributed by atoms with Gasteiger partial charge in [-0.15, -0.1) is 11.3 Å². The highest BCUT2D eigenvalue weighted by molar-refractivity contribution is 7.15. The molecule has 0 amide bonds. The third-order valence-corrected chi connectivity index (χ3v) is 3.71. The highest BCUT2D eigenvalue weighted by Gasteiger charge is 2.10. The summed E-state index contributed by atoms with van der Waals surface area (Å²) in [5.74, 6) is -0.843. The number of anilines is 1. The first-order chi connectivity index (χ1) is 9.15. The minimum Gasteiger partial charge on any atom is -0.481 e. The summed E-state index contributed by atoms with van der Waals surface area (Å²) in [6.07, 6.45) is 0.913. The number of thiazole rings is 1. The molecule has 0 spiro atoms. The van der Waals surface area contributed by atoms with Crippen LogP contribution in [-0.2, 0) is 17.6 Å². The van der Waals surface area contributed by atoms with Crippen LogP contribution in [0.2, 0.25) is 0 Å². The molecule has 0 radical (unpaired) electrons. The van der Waals surface area contributed by atoms with Gasteiger partial charge in [-0.2, -0.15) is 0 Å². The predicted octanol–water partition coefficient (Wildman–Crippen LogP) is 2.73. The topological polar surface area (TPSA) is 62.2 Å². The number of carbonyl (C=O) groups is 1. The van der Waals surface area contributed by atoms with Crippen LogP contribution in [0.4, 0.5) is 5.13 Å². The molecule has 1 heterocycles. The lowest BCUT2D eigenvalue weighted by Crippen LogP contribution is -2.05. The van der Waals surface area contributed by atoms with E-state index in [1.54, 1.807) is 0 Å². The molecule has 4 nitrogen and oxygen atoms in total. The van der Waals surface area contributed by atoms with E-state index >= 15 is 0 Å². The Kier molecular flexibility index (Phi) is 4.52. The number of rotatable bonds is 6. The van der Waals surface area contributed by atoms with Crippen molar-refractivity contribution in [1.82, 2.24) is 4.98 Å². The maximum atomic E-state index is 10.7. The molecule has 19 heavy (non-hydrogen) atoms. The highest BCUT2D eigenvalue weighted by atomic mass is 32.1. The Labute approximate surface area is 116 Å². The van der Waals surface area contributed by atoms with Gasteiger partial charge in [0, 0.05) is 11.4 Å². The number of carboxylic acid groups (broad SMARTS) is 1. The molecule has 1 aromatic carbocycles. The summed E-state index contributed by atoms with van der Waals surface area (Å²) in [5, 5.41) is 12.8. The SMILES string of the molecule is Cc1sc(NCCc2ccccc2)nc1CC(=O)O. The van der Waals surface area contributed by atoms with Gasteiger partial charge < -0.3 is 10.4 Å². The van der Waals surface area contributed by atoms with Crippen molar-refractivity contribution in [1.29, 1.82) is 0 Å². The lowest BCUT2D eigenvalue weighted by Gasteiger charge is -2.02. The van der Waals surface area contributed by atoms with Crippen molar-refractivity contribution < 1.29 is 9.90 Å². The first kappa shape index (κ1) is 13.5. The fourth-order valence-electron chi connectivity index (χ4n) is 1.77. The van der Waals surface area contributed by atoms with Crippen molar-refractivity contribution in [2.45, 2.75) is 19.8 Å². The Bertz CT molecular complexity index is 552. The Balaban J connectivity index is 1.88. The molecular weight excluding hydrogens is 260 g/mol. The minimum atomic E-state index is -0.843. The lowest BCUT2D eigenvalue weighted by atomic mass is 10.1. The monoisotopic (exact) mass is 276 g/mol. The van der Waals surface area contributed by atoms with Gasteiger partial charge in [0.25, 0.3) is 0 Å². The van der Waals surface area contributed by atoms with Crippen molar-refractivity contribution in [3.63, 3.8) is 0 Å². The van der Waals surface area contributed by atoms with Crippen LogP contribution in [-0.4, -0.2) is 22.6 Å². The van der Waals surface area contributed by atoms with E-state index < -0.39 is 5.97 Å². The van der Waals surface area contributed by atoms with E-state index in [0.29, 0.717) is 5.69 Å². The fraction of sp³-hybridized carbons (Fsp3) is 0.286. The summed E-state index contributed by atoms with van der Waals surface area (Å²) < 4.78 is 0. The highest BCUT2D eigenvalue weighted by Crippen LogP contribution is 2.22. The van der Waals surface area contributed by atoms with Crippen LogP contribution in [0.3, 0.4) is 0 Å². The zero-order valence-electron chi connectivity index (χ0n) is 10.7. The lowest BCUT2D eigenvalue weighted by molar-refractivity contribution is -0.136. The molecule has 0 saturated heterocycles. The normalized spacial score (nSPS) is 10.4. The summed E-state index contributed by atoms with van der Waals surface area (Å²) in [4.78, 5) is 15.9. The third-order valence-electron chi connectivity index (χ3n) is 2.74. The number of aliphatic carboxylic acids is 1. The number of nitrogens with one attached hydrogen (secondary N) is 1. The maximum Gasteiger partial charge on any atom is 0.309 e. The molecule has 2 N–H and O–H groups in total. The van der Waals surface area contributed by atoms with Gasteiger partial charge in [-0.25, -0.2) is 4.98 Å². The van der Waals surface area contributed by atoms with Gasteiger partial charge in [-0.1, -0.05) is 30.3 Å².